The Morgan fingerprint density at radius 1 is 1.55 bits per heavy atom. The van der Waals surface area contributed by atoms with Crippen LogP contribution in [-0.2, 0) is 6.54 Å². The molecule has 0 fully saturated rings. The van der Waals surface area contributed by atoms with E-state index in [1.54, 1.807) is 6.20 Å². The van der Waals surface area contributed by atoms with Crippen molar-refractivity contribution >= 4 is 0 Å². The summed E-state index contributed by atoms with van der Waals surface area (Å²) in [6.07, 6.45) is 2.84. The molecule has 60 valence electrons. The summed E-state index contributed by atoms with van der Waals surface area (Å²) in [7, 11) is 0. The smallest absolute Gasteiger partial charge is 0.0768 e. The van der Waals surface area contributed by atoms with E-state index in [2.05, 4.69) is 22.4 Å². The third-order valence-electron chi connectivity index (χ3n) is 1.36. The first-order valence-corrected chi connectivity index (χ1v) is 3.90. The zero-order chi connectivity index (χ0) is 7.94. The van der Waals surface area contributed by atoms with Crippen molar-refractivity contribution < 1.29 is 0 Å². The van der Waals surface area contributed by atoms with Crippen molar-refractivity contribution in [1.29, 1.82) is 0 Å². The lowest BCUT2D eigenvalue weighted by Crippen LogP contribution is -2.14. The summed E-state index contributed by atoms with van der Waals surface area (Å²) < 4.78 is 0. The summed E-state index contributed by atoms with van der Waals surface area (Å²) in [5, 5.41) is 11.0. The fraction of sp³-hybridized carbons (Fsp3) is 0.500. The van der Waals surface area contributed by atoms with E-state index in [0.29, 0.717) is 0 Å². The van der Waals surface area contributed by atoms with Gasteiger partial charge in [0.05, 0.1) is 5.69 Å². The van der Waals surface area contributed by atoms with Gasteiger partial charge < -0.3 is 5.32 Å². The molecule has 0 aliphatic heterocycles. The first-order valence-electron chi connectivity index (χ1n) is 3.90. The highest BCUT2D eigenvalue weighted by molar-refractivity contribution is 4.98. The maximum atomic E-state index is 3.94. The van der Waals surface area contributed by atoms with E-state index in [1.807, 2.05) is 12.1 Å². The highest BCUT2D eigenvalue weighted by Gasteiger charge is 1.90. The van der Waals surface area contributed by atoms with Crippen LogP contribution in [-0.4, -0.2) is 16.7 Å². The molecule has 11 heavy (non-hydrogen) atoms. The minimum atomic E-state index is 0.821. The van der Waals surface area contributed by atoms with Crippen molar-refractivity contribution in [3.63, 3.8) is 0 Å². The van der Waals surface area contributed by atoms with Crippen LogP contribution in [0.25, 0.3) is 0 Å². The zero-order valence-corrected chi connectivity index (χ0v) is 6.75. The lowest BCUT2D eigenvalue weighted by Gasteiger charge is -1.99. The quantitative estimate of drug-likeness (QED) is 0.652. The van der Waals surface area contributed by atoms with Crippen LogP contribution >= 0.6 is 0 Å². The summed E-state index contributed by atoms with van der Waals surface area (Å²) in [6, 6.07) is 3.87. The Labute approximate surface area is 66.8 Å². The lowest BCUT2D eigenvalue weighted by molar-refractivity contribution is 0.657. The molecule has 0 unspecified atom stereocenters. The Bertz CT molecular complexity index is 186. The highest BCUT2D eigenvalue weighted by atomic mass is 15.1. The van der Waals surface area contributed by atoms with Crippen molar-refractivity contribution in [2.24, 2.45) is 0 Å². The minimum Gasteiger partial charge on any atom is -0.311 e. The Balaban J connectivity index is 2.28. The van der Waals surface area contributed by atoms with E-state index >= 15 is 0 Å². The Morgan fingerprint density at radius 3 is 3.09 bits per heavy atom. The van der Waals surface area contributed by atoms with Gasteiger partial charge in [0.2, 0.25) is 0 Å². The van der Waals surface area contributed by atoms with Crippen molar-refractivity contribution in [2.45, 2.75) is 19.9 Å². The van der Waals surface area contributed by atoms with E-state index in [1.165, 1.54) is 0 Å². The number of aromatic nitrogens is 2. The van der Waals surface area contributed by atoms with Crippen LogP contribution in [0.15, 0.2) is 18.3 Å². The van der Waals surface area contributed by atoms with Gasteiger partial charge in [-0.1, -0.05) is 6.92 Å². The van der Waals surface area contributed by atoms with Crippen molar-refractivity contribution in [3.05, 3.63) is 24.0 Å². The predicted octanol–water partition coefficient (Wildman–Crippen LogP) is 0.976. The van der Waals surface area contributed by atoms with Gasteiger partial charge in [-0.25, -0.2) is 0 Å². The molecular formula is C8H13N3. The SMILES string of the molecule is CCCNCc1cccnn1. The number of hydrogen-bond acceptors (Lipinski definition) is 3. The van der Waals surface area contributed by atoms with Crippen LogP contribution in [0.5, 0.6) is 0 Å². The summed E-state index contributed by atoms with van der Waals surface area (Å²) in [5.74, 6) is 0. The van der Waals surface area contributed by atoms with Crippen molar-refractivity contribution in [3.8, 4) is 0 Å². The van der Waals surface area contributed by atoms with Gasteiger partial charge in [-0.15, -0.1) is 0 Å². The molecule has 1 N–H and O–H groups in total. The average Bonchev–Trinajstić information content (AvgIpc) is 2.07. The standard InChI is InChI=1S/C8H13N3/c1-2-5-9-7-8-4-3-6-10-11-8/h3-4,6,9H,2,5,7H2,1H3. The minimum absolute atomic E-state index is 0.821. The Morgan fingerprint density at radius 2 is 2.45 bits per heavy atom. The topological polar surface area (TPSA) is 37.8 Å². The van der Waals surface area contributed by atoms with Crippen LogP contribution < -0.4 is 5.32 Å². The van der Waals surface area contributed by atoms with Gasteiger partial charge in [0.15, 0.2) is 0 Å². The summed E-state index contributed by atoms with van der Waals surface area (Å²) in [4.78, 5) is 0. The van der Waals surface area contributed by atoms with Gasteiger partial charge in [-0.05, 0) is 25.1 Å². The van der Waals surface area contributed by atoms with Crippen LogP contribution in [0, 0.1) is 0 Å². The number of rotatable bonds is 4. The summed E-state index contributed by atoms with van der Waals surface area (Å²) in [6.45, 7) is 4.00. The van der Waals surface area contributed by atoms with E-state index < -0.39 is 0 Å². The van der Waals surface area contributed by atoms with Crippen LogP contribution in [0.3, 0.4) is 0 Å². The van der Waals surface area contributed by atoms with Crippen LogP contribution in [0.2, 0.25) is 0 Å². The van der Waals surface area contributed by atoms with Crippen LogP contribution in [0.1, 0.15) is 19.0 Å². The van der Waals surface area contributed by atoms with Gasteiger partial charge in [0.1, 0.15) is 0 Å². The van der Waals surface area contributed by atoms with Gasteiger partial charge >= 0.3 is 0 Å². The normalized spacial score (nSPS) is 9.91. The predicted molar refractivity (Wildman–Crippen MR) is 44.0 cm³/mol. The molecule has 0 spiro atoms. The van der Waals surface area contributed by atoms with Gasteiger partial charge in [-0.2, -0.15) is 10.2 Å². The molecule has 0 saturated heterocycles. The molecule has 1 aromatic heterocycles. The first kappa shape index (κ1) is 8.14. The lowest BCUT2D eigenvalue weighted by atomic mass is 10.4. The summed E-state index contributed by atoms with van der Waals surface area (Å²) >= 11 is 0. The third-order valence-corrected chi connectivity index (χ3v) is 1.36. The van der Waals surface area contributed by atoms with Gasteiger partial charge in [0, 0.05) is 12.7 Å². The average molecular weight is 151 g/mol. The number of nitrogens with one attached hydrogen (secondary N) is 1. The molecule has 3 nitrogen and oxygen atoms in total. The molecule has 0 bridgehead atoms. The molecule has 1 rings (SSSR count). The molecule has 0 atom stereocenters. The molecule has 0 aromatic carbocycles. The van der Waals surface area contributed by atoms with E-state index in [4.69, 9.17) is 0 Å². The van der Waals surface area contributed by atoms with Crippen LogP contribution in [0.4, 0.5) is 0 Å². The van der Waals surface area contributed by atoms with E-state index in [-0.39, 0.29) is 0 Å². The molecule has 0 aliphatic rings. The Hall–Kier alpha value is -0.960. The van der Waals surface area contributed by atoms with Gasteiger partial charge in [-0.3, -0.25) is 0 Å². The molecular weight excluding hydrogens is 138 g/mol. The second-order valence-electron chi connectivity index (χ2n) is 2.39. The molecule has 0 radical (unpaired) electrons. The molecule has 1 aromatic rings. The number of nitrogens with zero attached hydrogens (tertiary/aromatic N) is 2. The fourth-order valence-corrected chi connectivity index (χ4v) is 0.821. The van der Waals surface area contributed by atoms with E-state index in [9.17, 15) is 0 Å². The monoisotopic (exact) mass is 151 g/mol. The second-order valence-corrected chi connectivity index (χ2v) is 2.39. The molecule has 0 amide bonds. The maximum absolute atomic E-state index is 3.94. The largest absolute Gasteiger partial charge is 0.311 e. The highest BCUT2D eigenvalue weighted by Crippen LogP contribution is 1.88. The first-order chi connectivity index (χ1) is 5.43. The molecule has 0 saturated carbocycles. The fourth-order valence-electron chi connectivity index (χ4n) is 0.821. The number of hydrogen-bond donors (Lipinski definition) is 1. The van der Waals surface area contributed by atoms with E-state index in [0.717, 1.165) is 25.2 Å². The maximum Gasteiger partial charge on any atom is 0.0768 e. The van der Waals surface area contributed by atoms with Gasteiger partial charge in [0.25, 0.3) is 0 Å². The summed E-state index contributed by atoms with van der Waals surface area (Å²) in [5.41, 5.74) is 1.00. The van der Waals surface area contributed by atoms with Crippen molar-refractivity contribution in [2.75, 3.05) is 6.54 Å². The molecule has 1 heterocycles. The Kier molecular flexibility index (Phi) is 3.55. The zero-order valence-electron chi connectivity index (χ0n) is 6.75. The van der Waals surface area contributed by atoms with Crippen molar-refractivity contribution in [1.82, 2.24) is 15.5 Å². The molecule has 0 aliphatic carbocycles. The third kappa shape index (κ3) is 3.09. The second kappa shape index (κ2) is 4.79. The molecule has 3 heteroatoms.